The largest absolute Gasteiger partial charge is 0.261 e. The molecule has 0 aliphatic carbocycles. The molecule has 7 heavy (non-hydrogen) atoms. The summed E-state index contributed by atoms with van der Waals surface area (Å²) >= 11 is 15.2. The SMILES string of the molecule is O=NC(Cl)(Cl)CCl. The van der Waals surface area contributed by atoms with E-state index in [4.69, 9.17) is 34.8 Å². The van der Waals surface area contributed by atoms with Crippen LogP contribution in [0.2, 0.25) is 0 Å². The maximum atomic E-state index is 9.46. The highest BCUT2D eigenvalue weighted by Crippen LogP contribution is 2.22. The zero-order valence-corrected chi connectivity index (χ0v) is 5.46. The van der Waals surface area contributed by atoms with Crippen LogP contribution in [0.25, 0.3) is 0 Å². The minimum Gasteiger partial charge on any atom is -0.147 e. The van der Waals surface area contributed by atoms with E-state index >= 15 is 0 Å². The maximum absolute atomic E-state index is 9.46. The Morgan fingerprint density at radius 1 is 1.57 bits per heavy atom. The van der Waals surface area contributed by atoms with Crippen molar-refractivity contribution in [3.05, 3.63) is 4.91 Å². The van der Waals surface area contributed by atoms with Crippen LogP contribution in [-0.4, -0.2) is 10.3 Å². The van der Waals surface area contributed by atoms with Crippen molar-refractivity contribution < 1.29 is 0 Å². The van der Waals surface area contributed by atoms with Gasteiger partial charge in [0, 0.05) is 0 Å². The Morgan fingerprint density at radius 2 is 2.00 bits per heavy atom. The molecule has 0 aromatic heterocycles. The molecule has 0 N–H and O–H groups in total. The van der Waals surface area contributed by atoms with Gasteiger partial charge in [0.1, 0.15) is 0 Å². The van der Waals surface area contributed by atoms with Gasteiger partial charge in [-0.1, -0.05) is 23.2 Å². The summed E-state index contributed by atoms with van der Waals surface area (Å²) in [5.74, 6) is -0.181. The molecule has 0 amide bonds. The van der Waals surface area contributed by atoms with Gasteiger partial charge in [0.2, 0.25) is 0 Å². The third-order valence-corrected chi connectivity index (χ3v) is 1.36. The molecule has 0 heterocycles. The first-order valence-electron chi connectivity index (χ1n) is 1.40. The first-order valence-corrected chi connectivity index (χ1v) is 2.70. The molecule has 0 aliphatic rings. The van der Waals surface area contributed by atoms with E-state index in [0.717, 1.165) is 0 Å². The number of hydrogen-bond acceptors (Lipinski definition) is 2. The van der Waals surface area contributed by atoms with E-state index < -0.39 is 4.46 Å². The van der Waals surface area contributed by atoms with E-state index in [1.807, 2.05) is 0 Å². The summed E-state index contributed by atoms with van der Waals surface area (Å²) in [5, 5.41) is 2.29. The molecule has 0 aromatic carbocycles. The molecule has 0 saturated carbocycles. The van der Waals surface area contributed by atoms with Crippen molar-refractivity contribution in [3.8, 4) is 0 Å². The molecule has 5 heteroatoms. The van der Waals surface area contributed by atoms with Gasteiger partial charge in [-0.15, -0.1) is 16.5 Å². The van der Waals surface area contributed by atoms with Gasteiger partial charge in [-0.05, 0) is 5.18 Å². The molecular weight excluding hydrogens is 160 g/mol. The second-order valence-corrected chi connectivity index (χ2v) is 2.60. The lowest BCUT2D eigenvalue weighted by Crippen LogP contribution is -2.08. The normalized spacial score (nSPS) is 11.3. The van der Waals surface area contributed by atoms with Gasteiger partial charge in [0.05, 0.1) is 5.88 Å². The minimum absolute atomic E-state index is 0.181. The van der Waals surface area contributed by atoms with Crippen LogP contribution in [0, 0.1) is 4.91 Å². The highest BCUT2D eigenvalue weighted by atomic mass is 35.5. The lowest BCUT2D eigenvalue weighted by atomic mass is 10.8. The van der Waals surface area contributed by atoms with Crippen LogP contribution >= 0.6 is 34.8 Å². The summed E-state index contributed by atoms with van der Waals surface area (Å²) in [5.41, 5.74) is 0. The van der Waals surface area contributed by atoms with E-state index in [9.17, 15) is 4.91 Å². The average molecular weight is 162 g/mol. The van der Waals surface area contributed by atoms with Crippen molar-refractivity contribution in [3.63, 3.8) is 0 Å². The number of halogens is 3. The highest BCUT2D eigenvalue weighted by Gasteiger charge is 2.22. The fourth-order valence-electron chi connectivity index (χ4n) is 0.0244. The van der Waals surface area contributed by atoms with Crippen LogP contribution in [0.5, 0.6) is 0 Å². The Hall–Kier alpha value is 0.470. The Balaban J connectivity index is 3.58. The summed E-state index contributed by atoms with van der Waals surface area (Å²) in [6.45, 7) is 0. The standard InChI is InChI=1S/C2H2Cl3NO/c3-1-2(4,5)6-7/h1H2. The van der Waals surface area contributed by atoms with E-state index in [1.54, 1.807) is 0 Å². The zero-order valence-electron chi connectivity index (χ0n) is 3.20. The van der Waals surface area contributed by atoms with Gasteiger partial charge in [0.25, 0.3) is 4.46 Å². The molecule has 2 nitrogen and oxygen atoms in total. The summed E-state index contributed by atoms with van der Waals surface area (Å²) in [6.07, 6.45) is 0. The molecule has 0 fully saturated rings. The van der Waals surface area contributed by atoms with E-state index in [2.05, 4.69) is 5.18 Å². The van der Waals surface area contributed by atoms with Gasteiger partial charge in [0.15, 0.2) is 0 Å². The molecule has 0 aromatic rings. The fraction of sp³-hybridized carbons (Fsp3) is 1.00. The zero-order chi connectivity index (χ0) is 5.91. The van der Waals surface area contributed by atoms with Crippen LogP contribution in [0.3, 0.4) is 0 Å². The van der Waals surface area contributed by atoms with Crippen molar-refractivity contribution in [2.24, 2.45) is 5.18 Å². The van der Waals surface area contributed by atoms with E-state index in [-0.39, 0.29) is 5.88 Å². The lowest BCUT2D eigenvalue weighted by molar-refractivity contribution is 0.933. The molecular formula is C2H2Cl3NO. The Kier molecular flexibility index (Phi) is 2.88. The van der Waals surface area contributed by atoms with Gasteiger partial charge >= 0.3 is 0 Å². The van der Waals surface area contributed by atoms with Crippen molar-refractivity contribution in [1.82, 2.24) is 0 Å². The highest BCUT2D eigenvalue weighted by molar-refractivity contribution is 6.51. The number of rotatable bonds is 2. The van der Waals surface area contributed by atoms with Crippen molar-refractivity contribution in [2.75, 3.05) is 5.88 Å². The molecule has 0 rings (SSSR count). The monoisotopic (exact) mass is 161 g/mol. The number of nitroso groups, excluding NO2 is 1. The number of hydrogen-bond donors (Lipinski definition) is 0. The van der Waals surface area contributed by atoms with Crippen LogP contribution < -0.4 is 0 Å². The third kappa shape index (κ3) is 3.09. The van der Waals surface area contributed by atoms with Crippen LogP contribution in [-0.2, 0) is 0 Å². The van der Waals surface area contributed by atoms with Crippen molar-refractivity contribution >= 4 is 34.8 Å². The topological polar surface area (TPSA) is 29.4 Å². The first-order chi connectivity index (χ1) is 3.12. The summed E-state index contributed by atoms with van der Waals surface area (Å²) < 4.78 is -1.64. The molecule has 42 valence electrons. The maximum Gasteiger partial charge on any atom is 0.261 e. The molecule has 0 bridgehead atoms. The smallest absolute Gasteiger partial charge is 0.147 e. The van der Waals surface area contributed by atoms with Crippen molar-refractivity contribution in [1.29, 1.82) is 0 Å². The molecule has 0 spiro atoms. The molecule has 0 unspecified atom stereocenters. The van der Waals surface area contributed by atoms with E-state index in [0.29, 0.717) is 0 Å². The van der Waals surface area contributed by atoms with Crippen molar-refractivity contribution in [2.45, 2.75) is 4.46 Å². The lowest BCUT2D eigenvalue weighted by Gasteiger charge is -2.00. The average Bonchev–Trinajstić information content (AvgIpc) is 1.68. The Labute approximate surface area is 55.7 Å². The molecule has 0 radical (unpaired) electrons. The van der Waals surface area contributed by atoms with Crippen LogP contribution in [0.4, 0.5) is 0 Å². The Bertz CT molecular complexity index is 73.3. The molecule has 0 atom stereocenters. The minimum atomic E-state index is -1.64. The van der Waals surface area contributed by atoms with Gasteiger partial charge in [-0.3, -0.25) is 0 Å². The quantitative estimate of drug-likeness (QED) is 0.347. The predicted molar refractivity (Wildman–Crippen MR) is 31.0 cm³/mol. The third-order valence-electron chi connectivity index (χ3n) is 0.294. The predicted octanol–water partition coefficient (Wildman–Crippen LogP) is 2.12. The first kappa shape index (κ1) is 7.47. The van der Waals surface area contributed by atoms with Crippen LogP contribution in [0.1, 0.15) is 0 Å². The second-order valence-electron chi connectivity index (χ2n) is 0.891. The van der Waals surface area contributed by atoms with Gasteiger partial charge in [-0.2, -0.15) is 0 Å². The fourth-order valence-corrected chi connectivity index (χ4v) is 0.0732. The van der Waals surface area contributed by atoms with Crippen LogP contribution in [0.15, 0.2) is 5.18 Å². The number of alkyl halides is 3. The molecule has 0 saturated heterocycles. The summed E-state index contributed by atoms with van der Waals surface area (Å²) in [4.78, 5) is 9.46. The van der Waals surface area contributed by atoms with E-state index in [1.165, 1.54) is 0 Å². The molecule has 0 aliphatic heterocycles. The summed E-state index contributed by atoms with van der Waals surface area (Å²) in [7, 11) is 0. The number of nitrogens with zero attached hydrogens (tertiary/aromatic N) is 1. The van der Waals surface area contributed by atoms with Gasteiger partial charge < -0.3 is 0 Å². The second kappa shape index (κ2) is 2.70. The Morgan fingerprint density at radius 3 is 2.00 bits per heavy atom. The summed E-state index contributed by atoms with van der Waals surface area (Å²) in [6, 6.07) is 0. The van der Waals surface area contributed by atoms with Gasteiger partial charge in [-0.25, -0.2) is 0 Å².